The standard InChI is InChI=1S/C21H20ClN3O4S/c22-13-3-4-17-15(12-13)25-18(26)5-8-21(25,30-17)20(28)23-14-6-9-24(10-7-14)19(27)16-2-1-11-29-16/h1-4,11-12,14H,5-10H2,(H,23,28)/t21-/m0/s1. The number of thioether (sulfide) groups is 1. The van der Waals surface area contributed by atoms with Crippen LogP contribution in [0.25, 0.3) is 0 Å². The Morgan fingerprint density at radius 2 is 2.03 bits per heavy atom. The molecule has 4 heterocycles. The van der Waals surface area contributed by atoms with Crippen LogP contribution < -0.4 is 10.2 Å². The lowest BCUT2D eigenvalue weighted by Gasteiger charge is -2.35. The minimum Gasteiger partial charge on any atom is -0.459 e. The van der Waals surface area contributed by atoms with Gasteiger partial charge in [0.2, 0.25) is 5.91 Å². The summed E-state index contributed by atoms with van der Waals surface area (Å²) in [5.41, 5.74) is 0.712. The highest BCUT2D eigenvalue weighted by atomic mass is 35.5. The minimum atomic E-state index is -0.953. The molecule has 2 fully saturated rings. The molecule has 5 rings (SSSR count). The number of anilines is 1. The third-order valence-electron chi connectivity index (χ3n) is 5.93. The molecule has 3 amide bonds. The number of rotatable bonds is 3. The summed E-state index contributed by atoms with van der Waals surface area (Å²) in [4.78, 5) is 41.7. The van der Waals surface area contributed by atoms with Crippen molar-refractivity contribution in [2.45, 2.75) is 41.5 Å². The minimum absolute atomic E-state index is 0.0435. The summed E-state index contributed by atoms with van der Waals surface area (Å²) < 4.78 is 5.19. The van der Waals surface area contributed by atoms with Gasteiger partial charge < -0.3 is 14.6 Å². The van der Waals surface area contributed by atoms with Gasteiger partial charge >= 0.3 is 0 Å². The van der Waals surface area contributed by atoms with E-state index in [2.05, 4.69) is 5.32 Å². The number of carbonyl (C=O) groups is 3. The second kappa shape index (κ2) is 7.35. The Kier molecular flexibility index (Phi) is 4.78. The van der Waals surface area contributed by atoms with Crippen LogP contribution in [0.2, 0.25) is 5.02 Å². The Bertz CT molecular complexity index is 1020. The highest BCUT2D eigenvalue weighted by molar-refractivity contribution is 8.02. The van der Waals surface area contributed by atoms with E-state index in [9.17, 15) is 14.4 Å². The number of hydrogen-bond acceptors (Lipinski definition) is 5. The van der Waals surface area contributed by atoms with Crippen molar-refractivity contribution in [3.8, 4) is 0 Å². The highest BCUT2D eigenvalue weighted by Crippen LogP contribution is 2.56. The Morgan fingerprint density at radius 1 is 1.23 bits per heavy atom. The molecule has 0 saturated carbocycles. The van der Waals surface area contributed by atoms with Gasteiger partial charge in [-0.05, 0) is 49.6 Å². The van der Waals surface area contributed by atoms with Gasteiger partial charge in [0.05, 0.1) is 12.0 Å². The molecule has 0 spiro atoms. The lowest BCUT2D eigenvalue weighted by Crippen LogP contribution is -2.56. The Hall–Kier alpha value is -2.45. The average molecular weight is 446 g/mol. The van der Waals surface area contributed by atoms with Crippen molar-refractivity contribution in [2.75, 3.05) is 18.0 Å². The number of furan rings is 1. The Morgan fingerprint density at radius 3 is 2.77 bits per heavy atom. The van der Waals surface area contributed by atoms with Crippen LogP contribution in [0.4, 0.5) is 5.69 Å². The maximum Gasteiger partial charge on any atom is 0.289 e. The first-order chi connectivity index (χ1) is 14.5. The van der Waals surface area contributed by atoms with E-state index in [0.717, 1.165) is 4.90 Å². The summed E-state index contributed by atoms with van der Waals surface area (Å²) in [7, 11) is 0. The van der Waals surface area contributed by atoms with Gasteiger partial charge in [0.25, 0.3) is 11.8 Å². The van der Waals surface area contributed by atoms with Crippen LogP contribution in [-0.4, -0.2) is 46.6 Å². The SMILES string of the molecule is O=C(c1ccco1)N1CCC(NC(=O)[C@@]23CCC(=O)N2c2cc(Cl)ccc2S3)CC1. The van der Waals surface area contributed by atoms with Gasteiger partial charge in [-0.15, -0.1) is 0 Å². The average Bonchev–Trinajstić information content (AvgIpc) is 3.45. The Labute approximate surface area is 182 Å². The highest BCUT2D eigenvalue weighted by Gasteiger charge is 2.57. The number of amides is 3. The Balaban J connectivity index is 1.27. The summed E-state index contributed by atoms with van der Waals surface area (Å²) in [5, 5.41) is 3.68. The maximum absolute atomic E-state index is 13.4. The normalized spacial score (nSPS) is 23.4. The maximum atomic E-state index is 13.4. The fraction of sp³-hybridized carbons (Fsp3) is 0.381. The van der Waals surface area contributed by atoms with E-state index in [1.165, 1.54) is 18.0 Å². The van der Waals surface area contributed by atoms with Crippen LogP contribution in [0.15, 0.2) is 45.9 Å². The molecule has 0 unspecified atom stereocenters. The van der Waals surface area contributed by atoms with Gasteiger partial charge in [-0.1, -0.05) is 23.4 Å². The molecule has 0 aliphatic carbocycles. The van der Waals surface area contributed by atoms with Crippen molar-refractivity contribution in [3.05, 3.63) is 47.4 Å². The number of carbonyl (C=O) groups excluding carboxylic acids is 3. The lowest BCUT2D eigenvalue weighted by atomic mass is 10.0. The van der Waals surface area contributed by atoms with Gasteiger partial charge in [-0.2, -0.15) is 0 Å². The second-order valence-electron chi connectivity index (χ2n) is 7.74. The molecular weight excluding hydrogens is 426 g/mol. The van der Waals surface area contributed by atoms with Crippen LogP contribution in [-0.2, 0) is 9.59 Å². The van der Waals surface area contributed by atoms with Crippen LogP contribution in [0.5, 0.6) is 0 Å². The van der Waals surface area contributed by atoms with Crippen molar-refractivity contribution in [1.82, 2.24) is 10.2 Å². The molecule has 2 aromatic rings. The van der Waals surface area contributed by atoms with E-state index >= 15 is 0 Å². The largest absolute Gasteiger partial charge is 0.459 e. The quantitative estimate of drug-likeness (QED) is 0.783. The van der Waals surface area contributed by atoms with Crippen LogP contribution in [0.3, 0.4) is 0 Å². The van der Waals surface area contributed by atoms with Crippen molar-refractivity contribution in [2.24, 2.45) is 0 Å². The molecule has 1 N–H and O–H groups in total. The molecule has 7 nitrogen and oxygen atoms in total. The van der Waals surface area contributed by atoms with Crippen molar-refractivity contribution >= 4 is 46.8 Å². The number of likely N-dealkylation sites (tertiary alicyclic amines) is 1. The smallest absolute Gasteiger partial charge is 0.289 e. The molecule has 1 aromatic heterocycles. The first kappa shape index (κ1) is 19.5. The molecule has 3 aliphatic rings. The van der Waals surface area contributed by atoms with Gasteiger partial charge in [0.15, 0.2) is 10.6 Å². The molecule has 9 heteroatoms. The first-order valence-corrected chi connectivity index (χ1v) is 11.1. The van der Waals surface area contributed by atoms with Crippen LogP contribution in [0, 0.1) is 0 Å². The fourth-order valence-corrected chi connectivity index (χ4v) is 5.97. The zero-order valence-corrected chi connectivity index (χ0v) is 17.7. The number of hydrogen-bond donors (Lipinski definition) is 1. The van der Waals surface area contributed by atoms with Gasteiger partial charge in [0.1, 0.15) is 0 Å². The van der Waals surface area contributed by atoms with Gasteiger partial charge in [-0.25, -0.2) is 0 Å². The summed E-state index contributed by atoms with van der Waals surface area (Å²) in [6, 6.07) is 8.69. The van der Waals surface area contributed by atoms with Gasteiger partial charge in [0, 0.05) is 35.5 Å². The number of fused-ring (bicyclic) bond motifs is 3. The third-order valence-corrected chi connectivity index (χ3v) is 7.64. The monoisotopic (exact) mass is 445 g/mol. The molecule has 2 saturated heterocycles. The first-order valence-electron chi connectivity index (χ1n) is 9.93. The van der Waals surface area contributed by atoms with E-state index in [-0.39, 0.29) is 23.8 Å². The number of benzene rings is 1. The van der Waals surface area contributed by atoms with E-state index in [1.807, 2.05) is 6.07 Å². The molecule has 30 heavy (non-hydrogen) atoms. The summed E-state index contributed by atoms with van der Waals surface area (Å²) in [6.45, 7) is 1.09. The summed E-state index contributed by atoms with van der Waals surface area (Å²) in [6.07, 6.45) is 3.60. The molecule has 156 valence electrons. The zero-order chi connectivity index (χ0) is 20.9. The summed E-state index contributed by atoms with van der Waals surface area (Å²) in [5.74, 6) is -0.0103. The second-order valence-corrected chi connectivity index (χ2v) is 9.50. The van der Waals surface area contributed by atoms with Crippen molar-refractivity contribution in [3.63, 3.8) is 0 Å². The van der Waals surface area contributed by atoms with Crippen molar-refractivity contribution in [1.29, 1.82) is 0 Å². The number of nitrogens with one attached hydrogen (secondary N) is 1. The molecule has 3 aliphatic heterocycles. The van der Waals surface area contributed by atoms with Crippen LogP contribution >= 0.6 is 23.4 Å². The molecular formula is C21H20ClN3O4S. The molecule has 0 radical (unpaired) electrons. The van der Waals surface area contributed by atoms with Crippen LogP contribution in [0.1, 0.15) is 36.2 Å². The third kappa shape index (κ3) is 3.09. The number of halogens is 1. The zero-order valence-electron chi connectivity index (χ0n) is 16.1. The van der Waals surface area contributed by atoms with E-state index in [0.29, 0.717) is 55.2 Å². The predicted molar refractivity (Wildman–Crippen MR) is 113 cm³/mol. The molecule has 1 atom stereocenters. The molecule has 1 aromatic carbocycles. The number of piperidine rings is 1. The van der Waals surface area contributed by atoms with E-state index < -0.39 is 4.87 Å². The topological polar surface area (TPSA) is 82.9 Å². The lowest BCUT2D eigenvalue weighted by molar-refractivity contribution is -0.125. The van der Waals surface area contributed by atoms with Crippen molar-refractivity contribution < 1.29 is 18.8 Å². The van der Waals surface area contributed by atoms with Gasteiger partial charge in [-0.3, -0.25) is 19.3 Å². The number of nitrogens with zero attached hydrogens (tertiary/aromatic N) is 2. The molecule has 0 bridgehead atoms. The predicted octanol–water partition coefficient (Wildman–Crippen LogP) is 3.28. The van der Waals surface area contributed by atoms with E-state index in [1.54, 1.807) is 34.1 Å². The summed E-state index contributed by atoms with van der Waals surface area (Å²) >= 11 is 7.56. The van der Waals surface area contributed by atoms with E-state index in [4.69, 9.17) is 16.0 Å². The fourth-order valence-electron chi connectivity index (χ4n) is 4.40.